The molecular formula is C38H39BrN4O8. The van der Waals surface area contributed by atoms with Crippen LogP contribution in [0.1, 0.15) is 54.0 Å². The Morgan fingerprint density at radius 1 is 0.980 bits per heavy atom. The van der Waals surface area contributed by atoms with Crippen molar-refractivity contribution in [2.75, 3.05) is 30.5 Å². The lowest BCUT2D eigenvalue weighted by atomic mass is 10.0. The van der Waals surface area contributed by atoms with E-state index in [0.29, 0.717) is 22.7 Å². The van der Waals surface area contributed by atoms with E-state index in [1.165, 1.54) is 48.0 Å². The Balaban J connectivity index is 1.59. The molecule has 51 heavy (non-hydrogen) atoms. The third-order valence-corrected chi connectivity index (χ3v) is 9.05. The molecule has 0 spiro atoms. The molecular weight excluding hydrogens is 720 g/mol. The molecule has 266 valence electrons. The van der Waals surface area contributed by atoms with E-state index in [9.17, 15) is 29.1 Å². The first-order chi connectivity index (χ1) is 24.1. The number of likely N-dealkylation sites (N-methyl/N-ethyl adjacent to an activating group) is 1. The van der Waals surface area contributed by atoms with Gasteiger partial charge in [-0.15, -0.1) is 0 Å². The van der Waals surface area contributed by atoms with Gasteiger partial charge in [-0.25, -0.2) is 9.59 Å². The summed E-state index contributed by atoms with van der Waals surface area (Å²) in [6.45, 7) is 6.41. The summed E-state index contributed by atoms with van der Waals surface area (Å²) in [4.78, 5) is 71.1. The number of amides is 4. The number of rotatable bonds is 8. The highest BCUT2D eigenvalue weighted by Crippen LogP contribution is 2.38. The smallest absolute Gasteiger partial charge is 0.410 e. The van der Waals surface area contributed by atoms with Gasteiger partial charge in [0.1, 0.15) is 23.4 Å². The summed E-state index contributed by atoms with van der Waals surface area (Å²) < 4.78 is 12.1. The molecule has 5 rings (SSSR count). The average Bonchev–Trinajstić information content (AvgIpc) is 3.20. The number of carboxylic acids is 1. The first-order valence-electron chi connectivity index (χ1n) is 16.2. The number of fused-ring (bicyclic) bond motifs is 2. The minimum atomic E-state index is -1.27. The van der Waals surface area contributed by atoms with Crippen LogP contribution in [0.4, 0.5) is 16.2 Å². The fourth-order valence-corrected chi connectivity index (χ4v) is 6.16. The van der Waals surface area contributed by atoms with Crippen molar-refractivity contribution in [1.82, 2.24) is 10.2 Å². The topological polar surface area (TPSA) is 146 Å². The van der Waals surface area contributed by atoms with Crippen LogP contribution in [0.15, 0.2) is 83.3 Å². The van der Waals surface area contributed by atoms with Crippen LogP contribution < -0.4 is 19.9 Å². The number of ether oxygens (including phenoxy) is 2. The van der Waals surface area contributed by atoms with Gasteiger partial charge in [0.2, 0.25) is 5.91 Å². The van der Waals surface area contributed by atoms with Gasteiger partial charge in [0.25, 0.3) is 11.8 Å². The van der Waals surface area contributed by atoms with E-state index in [4.69, 9.17) is 9.47 Å². The highest BCUT2D eigenvalue weighted by molar-refractivity contribution is 9.10. The van der Waals surface area contributed by atoms with Gasteiger partial charge in [-0.05, 0) is 93.1 Å². The van der Waals surface area contributed by atoms with Crippen LogP contribution in [0, 0.1) is 0 Å². The highest BCUT2D eigenvalue weighted by Gasteiger charge is 2.39. The Bertz CT molecular complexity index is 2010. The predicted octanol–water partition coefficient (Wildman–Crippen LogP) is 6.24. The normalized spacial score (nSPS) is 15.0. The molecule has 1 heterocycles. The van der Waals surface area contributed by atoms with E-state index < -0.39 is 47.5 Å². The fraction of sp³-hybridized carbons (Fsp3) is 0.289. The van der Waals surface area contributed by atoms with Gasteiger partial charge in [0, 0.05) is 22.6 Å². The zero-order valence-corrected chi connectivity index (χ0v) is 30.7. The van der Waals surface area contributed by atoms with Crippen molar-refractivity contribution in [3.05, 3.63) is 100 Å². The summed E-state index contributed by atoms with van der Waals surface area (Å²) in [6.07, 6.45) is -0.720. The van der Waals surface area contributed by atoms with Gasteiger partial charge < -0.3 is 29.7 Å². The fourth-order valence-electron chi connectivity index (χ4n) is 5.78. The SMILES string of the molecule is COc1ccc2cc(Br)ccc2c1CN1C(=O)[C@@H](NC(=O)C(C)N(C)C(=O)OC(C)(C)C)CN(C(=O)c2ccc(C(=O)O)cc2)c2ccccc21. The van der Waals surface area contributed by atoms with Crippen molar-refractivity contribution in [2.24, 2.45) is 0 Å². The lowest BCUT2D eigenvalue weighted by Gasteiger charge is -2.30. The van der Waals surface area contributed by atoms with Gasteiger partial charge in [-0.3, -0.25) is 19.3 Å². The number of halogens is 1. The highest BCUT2D eigenvalue weighted by atomic mass is 79.9. The second kappa shape index (κ2) is 14.8. The Labute approximate surface area is 304 Å². The molecule has 2 N–H and O–H groups in total. The van der Waals surface area contributed by atoms with Crippen LogP contribution in [-0.2, 0) is 20.9 Å². The monoisotopic (exact) mass is 758 g/mol. The molecule has 1 aliphatic rings. The zero-order chi connectivity index (χ0) is 37.2. The molecule has 0 aliphatic carbocycles. The van der Waals surface area contributed by atoms with Crippen molar-refractivity contribution in [2.45, 2.75) is 51.9 Å². The van der Waals surface area contributed by atoms with E-state index in [-0.39, 0.29) is 24.2 Å². The summed E-state index contributed by atoms with van der Waals surface area (Å²) in [5.74, 6) is -2.26. The molecule has 1 aliphatic heterocycles. The van der Waals surface area contributed by atoms with Gasteiger partial charge in [-0.2, -0.15) is 0 Å². The Morgan fingerprint density at radius 2 is 1.63 bits per heavy atom. The van der Waals surface area contributed by atoms with Crippen LogP contribution in [0.25, 0.3) is 10.8 Å². The number of methoxy groups -OCH3 is 1. The summed E-state index contributed by atoms with van der Waals surface area (Å²) in [6, 6.07) is 19.6. The number of carbonyl (C=O) groups is 5. The summed E-state index contributed by atoms with van der Waals surface area (Å²) >= 11 is 3.52. The molecule has 0 saturated carbocycles. The number of benzene rings is 4. The Kier molecular flexibility index (Phi) is 10.7. The molecule has 4 aromatic rings. The van der Waals surface area contributed by atoms with Crippen molar-refractivity contribution in [3.8, 4) is 5.75 Å². The molecule has 2 atom stereocenters. The predicted molar refractivity (Wildman–Crippen MR) is 196 cm³/mol. The van der Waals surface area contributed by atoms with Gasteiger partial charge in [-0.1, -0.05) is 40.2 Å². The molecule has 0 radical (unpaired) electrons. The lowest BCUT2D eigenvalue weighted by Crippen LogP contribution is -2.57. The number of carbonyl (C=O) groups excluding carboxylic acids is 4. The number of nitrogens with zero attached hydrogens (tertiary/aromatic N) is 3. The first-order valence-corrected chi connectivity index (χ1v) is 17.0. The van der Waals surface area contributed by atoms with E-state index in [0.717, 1.165) is 20.1 Å². The average molecular weight is 760 g/mol. The Morgan fingerprint density at radius 3 is 2.25 bits per heavy atom. The van der Waals surface area contributed by atoms with Gasteiger partial charge in [0.05, 0.1) is 37.1 Å². The standard InChI is InChI=1S/C38H39BrN4O8/c1-22(41(5)37(49)51-38(2,3)4)33(44)40-29-21-43(34(45)23-11-13-24(14-12-23)36(47)48)31-10-8-7-9-30(31)42(35(29)46)20-28-27-17-16-26(39)19-25(27)15-18-32(28)50-6/h7-19,22,29H,20-21H2,1-6H3,(H,40,44)(H,47,48)/t22?,29-/m0/s1. The molecule has 0 saturated heterocycles. The number of aromatic carboxylic acids is 1. The maximum absolute atomic E-state index is 14.7. The quantitative estimate of drug-likeness (QED) is 0.215. The van der Waals surface area contributed by atoms with Crippen molar-refractivity contribution < 1.29 is 38.6 Å². The number of nitrogens with one attached hydrogen (secondary N) is 1. The Hall–Kier alpha value is -5.43. The van der Waals surface area contributed by atoms with Crippen LogP contribution >= 0.6 is 15.9 Å². The molecule has 0 bridgehead atoms. The van der Waals surface area contributed by atoms with Crippen molar-refractivity contribution >= 4 is 67.9 Å². The van der Waals surface area contributed by atoms with Crippen molar-refractivity contribution in [1.29, 1.82) is 0 Å². The van der Waals surface area contributed by atoms with Gasteiger partial charge >= 0.3 is 12.1 Å². The number of carboxylic acid groups (broad SMARTS) is 1. The summed E-state index contributed by atoms with van der Waals surface area (Å²) in [5, 5.41) is 13.9. The van der Waals surface area contributed by atoms with Crippen molar-refractivity contribution in [3.63, 3.8) is 0 Å². The lowest BCUT2D eigenvalue weighted by molar-refractivity contribution is -0.130. The van der Waals surface area contributed by atoms with Crippen LogP contribution in [0.2, 0.25) is 0 Å². The molecule has 4 amide bonds. The largest absolute Gasteiger partial charge is 0.496 e. The minimum absolute atomic E-state index is 0.00784. The summed E-state index contributed by atoms with van der Waals surface area (Å²) in [5.41, 5.74) is 0.903. The van der Waals surface area contributed by atoms with E-state index >= 15 is 0 Å². The van der Waals surface area contributed by atoms with E-state index in [1.807, 2.05) is 30.3 Å². The molecule has 4 aromatic carbocycles. The molecule has 0 fully saturated rings. The first kappa shape index (κ1) is 36.8. The third-order valence-electron chi connectivity index (χ3n) is 8.56. The summed E-state index contributed by atoms with van der Waals surface area (Å²) in [7, 11) is 2.97. The van der Waals surface area contributed by atoms with E-state index in [2.05, 4.69) is 21.2 Å². The second-order valence-electron chi connectivity index (χ2n) is 13.2. The number of para-hydroxylation sites is 2. The number of anilines is 2. The van der Waals surface area contributed by atoms with Crippen LogP contribution in [-0.4, -0.2) is 78.2 Å². The molecule has 1 unspecified atom stereocenters. The van der Waals surface area contributed by atoms with E-state index in [1.54, 1.807) is 52.1 Å². The third kappa shape index (κ3) is 7.99. The molecule has 12 nitrogen and oxygen atoms in total. The van der Waals surface area contributed by atoms with Crippen LogP contribution in [0.5, 0.6) is 5.75 Å². The zero-order valence-electron chi connectivity index (χ0n) is 29.1. The maximum atomic E-state index is 14.7. The number of hydrogen-bond donors (Lipinski definition) is 2. The van der Waals surface area contributed by atoms with Gasteiger partial charge in [0.15, 0.2) is 0 Å². The minimum Gasteiger partial charge on any atom is -0.496 e. The molecule has 0 aromatic heterocycles. The molecule has 13 heteroatoms. The maximum Gasteiger partial charge on any atom is 0.410 e. The second-order valence-corrected chi connectivity index (χ2v) is 14.1. The van der Waals surface area contributed by atoms with Crippen LogP contribution in [0.3, 0.4) is 0 Å². The number of hydrogen-bond acceptors (Lipinski definition) is 7.